The van der Waals surface area contributed by atoms with E-state index in [1.807, 2.05) is 0 Å². The maximum Gasteiger partial charge on any atom is 0.303 e. The standard InChI is InChI=1S/C56H66Cl3N3O4S/c1-5-33-60(34-17-38-66-51-31-29-44(57)40-47(51)58)35-18-39-67-54(65)26-9-7-15-37-62-50-24-13-11-22-46(50)56(3,4)52(62)32-28-43-20-16-19-42(55(43)59)27-30-48-41(2)45-21-10-12-23-49(45)61(48)36-14-6-8-25-53(63)64/h1,10-13,21-24,27-32,40-41H,6-9,14-20,25-26,33-39H2,2-4H3/p+1. The van der Waals surface area contributed by atoms with Gasteiger partial charge in [0.25, 0.3) is 0 Å². The normalized spacial score (nSPS) is 17.8. The average Bonchev–Trinajstić information content (AvgIpc) is 3.70. The van der Waals surface area contributed by atoms with Gasteiger partial charge in [0.05, 0.1) is 23.6 Å². The van der Waals surface area contributed by atoms with Crippen molar-refractivity contribution >= 4 is 74.7 Å². The van der Waals surface area contributed by atoms with E-state index in [1.54, 1.807) is 18.2 Å². The van der Waals surface area contributed by atoms with Gasteiger partial charge < -0.3 is 14.7 Å². The summed E-state index contributed by atoms with van der Waals surface area (Å²) < 4.78 is 8.32. The van der Waals surface area contributed by atoms with E-state index in [-0.39, 0.29) is 22.9 Å². The molecule has 0 amide bonds. The van der Waals surface area contributed by atoms with Gasteiger partial charge in [-0.25, -0.2) is 0 Å². The van der Waals surface area contributed by atoms with Crippen LogP contribution >= 0.6 is 46.6 Å². The van der Waals surface area contributed by atoms with Gasteiger partial charge in [0.15, 0.2) is 10.8 Å². The number of nitrogens with zero attached hydrogens (tertiary/aromatic N) is 3. The number of fused-ring (bicyclic) bond motifs is 2. The highest BCUT2D eigenvalue weighted by atomic mass is 35.5. The number of benzene rings is 3. The van der Waals surface area contributed by atoms with Crippen molar-refractivity contribution in [1.29, 1.82) is 0 Å². The summed E-state index contributed by atoms with van der Waals surface area (Å²) in [6, 6.07) is 22.6. The first-order chi connectivity index (χ1) is 32.4. The first-order valence-electron chi connectivity index (χ1n) is 24.1. The third kappa shape index (κ3) is 14.4. The molecule has 0 radical (unpaired) electrons. The van der Waals surface area contributed by atoms with Crippen LogP contribution in [0.1, 0.15) is 121 Å². The number of ether oxygens (including phenoxy) is 1. The number of carbonyl (C=O) groups is 2. The topological polar surface area (TPSA) is 73.1 Å². The largest absolute Gasteiger partial charge is 0.492 e. The summed E-state index contributed by atoms with van der Waals surface area (Å²) in [4.78, 5) is 28.6. The molecule has 0 aromatic heterocycles. The smallest absolute Gasteiger partial charge is 0.303 e. The predicted molar refractivity (Wildman–Crippen MR) is 282 cm³/mol. The predicted octanol–water partition coefficient (Wildman–Crippen LogP) is 14.3. The van der Waals surface area contributed by atoms with Gasteiger partial charge in [-0.3, -0.25) is 14.5 Å². The fourth-order valence-corrected chi connectivity index (χ4v) is 11.1. The highest BCUT2D eigenvalue weighted by molar-refractivity contribution is 8.13. The molecule has 1 atom stereocenters. The first-order valence-corrected chi connectivity index (χ1v) is 26.2. The molecule has 11 heteroatoms. The molecular weight excluding hydrogens is 917 g/mol. The van der Waals surface area contributed by atoms with E-state index in [4.69, 9.17) is 51.1 Å². The number of terminal acetylenes is 1. The molecule has 1 unspecified atom stereocenters. The molecule has 3 aromatic carbocycles. The Morgan fingerprint density at radius 3 is 2.49 bits per heavy atom. The summed E-state index contributed by atoms with van der Waals surface area (Å²) in [5.41, 5.74) is 9.83. The number of rotatable bonds is 25. The van der Waals surface area contributed by atoms with Crippen LogP contribution in [0, 0.1) is 12.3 Å². The lowest BCUT2D eigenvalue weighted by Crippen LogP contribution is -2.28. The fourth-order valence-electron chi connectivity index (χ4n) is 9.52. The highest BCUT2D eigenvalue weighted by Gasteiger charge is 2.44. The monoisotopic (exact) mass is 982 g/mol. The zero-order valence-electron chi connectivity index (χ0n) is 39.5. The number of halogens is 3. The Labute approximate surface area is 419 Å². The number of aliphatic carboxylic acids is 1. The van der Waals surface area contributed by atoms with Crippen molar-refractivity contribution in [2.45, 2.75) is 116 Å². The Hall–Kier alpha value is -4.23. The Morgan fingerprint density at radius 1 is 0.925 bits per heavy atom. The lowest BCUT2D eigenvalue weighted by Gasteiger charge is -2.23. The summed E-state index contributed by atoms with van der Waals surface area (Å²) in [5, 5.41) is 11.3. The highest BCUT2D eigenvalue weighted by Crippen LogP contribution is 2.44. The van der Waals surface area contributed by atoms with Crippen molar-refractivity contribution in [1.82, 2.24) is 4.90 Å². The molecular formula is C56H67Cl3N3O4S+. The molecule has 0 spiro atoms. The van der Waals surface area contributed by atoms with Crippen molar-refractivity contribution in [2.75, 3.05) is 50.0 Å². The minimum atomic E-state index is -0.731. The number of unbranched alkanes of at least 4 members (excludes halogenated alkanes) is 4. The summed E-state index contributed by atoms with van der Waals surface area (Å²) >= 11 is 20.9. The van der Waals surface area contributed by atoms with Crippen LogP contribution in [0.3, 0.4) is 0 Å². The molecule has 1 N–H and O–H groups in total. The van der Waals surface area contributed by atoms with Crippen LogP contribution in [0.5, 0.6) is 5.75 Å². The van der Waals surface area contributed by atoms with Gasteiger partial charge in [-0.05, 0) is 125 Å². The van der Waals surface area contributed by atoms with E-state index in [9.17, 15) is 9.59 Å². The van der Waals surface area contributed by atoms with E-state index in [0.717, 1.165) is 107 Å². The zero-order chi connectivity index (χ0) is 47.8. The van der Waals surface area contributed by atoms with E-state index >= 15 is 0 Å². The van der Waals surface area contributed by atoms with Crippen LogP contribution in [0.25, 0.3) is 0 Å². The van der Waals surface area contributed by atoms with E-state index in [2.05, 4.69) is 114 Å². The number of hydrogen-bond acceptors (Lipinski definition) is 6. The van der Waals surface area contributed by atoms with E-state index in [0.29, 0.717) is 41.8 Å². The van der Waals surface area contributed by atoms with Crippen LogP contribution in [0.15, 0.2) is 113 Å². The number of hydrogen-bond donors (Lipinski definition) is 1. The zero-order valence-corrected chi connectivity index (χ0v) is 42.6. The van der Waals surface area contributed by atoms with Crippen LogP contribution in [-0.2, 0) is 15.0 Å². The fraction of sp³-hybridized carbons (Fsp3) is 0.446. The number of thioether (sulfide) groups is 1. The summed E-state index contributed by atoms with van der Waals surface area (Å²) in [7, 11) is 0. The second-order valence-electron chi connectivity index (χ2n) is 18.3. The lowest BCUT2D eigenvalue weighted by atomic mass is 9.81. The Kier molecular flexibility index (Phi) is 20.2. The second-order valence-corrected chi connectivity index (χ2v) is 20.6. The van der Waals surface area contributed by atoms with Gasteiger partial charge in [0.2, 0.25) is 5.69 Å². The van der Waals surface area contributed by atoms with Gasteiger partial charge in [0, 0.05) is 83.2 Å². The Morgan fingerprint density at radius 2 is 1.69 bits per heavy atom. The molecule has 67 heavy (non-hydrogen) atoms. The van der Waals surface area contributed by atoms with Crippen LogP contribution < -0.4 is 9.64 Å². The molecule has 7 nitrogen and oxygen atoms in total. The Balaban J connectivity index is 1.01. The van der Waals surface area contributed by atoms with Crippen molar-refractivity contribution in [3.05, 3.63) is 134 Å². The Bertz CT molecular complexity index is 2410. The molecule has 1 aliphatic carbocycles. The van der Waals surface area contributed by atoms with E-state index < -0.39 is 5.97 Å². The van der Waals surface area contributed by atoms with Gasteiger partial charge in [-0.15, -0.1) is 6.42 Å². The molecule has 0 saturated heterocycles. The summed E-state index contributed by atoms with van der Waals surface area (Å²) in [5.74, 6) is 3.68. The average molecular weight is 985 g/mol. The van der Waals surface area contributed by atoms with Crippen molar-refractivity contribution in [2.24, 2.45) is 0 Å². The number of carbonyl (C=O) groups excluding carboxylic acids is 1. The third-order valence-corrected chi connectivity index (χ3v) is 15.1. The van der Waals surface area contributed by atoms with Crippen molar-refractivity contribution in [3.63, 3.8) is 0 Å². The van der Waals surface area contributed by atoms with Gasteiger partial charge in [-0.2, -0.15) is 4.58 Å². The van der Waals surface area contributed by atoms with Crippen LogP contribution in [0.4, 0.5) is 11.4 Å². The quantitative estimate of drug-likeness (QED) is 0.0515. The number of carboxylic acid groups (broad SMARTS) is 1. The number of allylic oxidation sites excluding steroid dienone is 8. The minimum Gasteiger partial charge on any atom is -0.492 e. The first kappa shape index (κ1) is 52.1. The maximum atomic E-state index is 12.9. The molecule has 2 aliphatic heterocycles. The molecule has 2 heterocycles. The third-order valence-electron chi connectivity index (χ3n) is 13.1. The van der Waals surface area contributed by atoms with Gasteiger partial charge >= 0.3 is 5.97 Å². The van der Waals surface area contributed by atoms with Crippen LogP contribution in [0.2, 0.25) is 10.0 Å². The molecule has 0 saturated carbocycles. The molecule has 6 rings (SSSR count). The molecule has 356 valence electrons. The summed E-state index contributed by atoms with van der Waals surface area (Å²) in [6.07, 6.45) is 25.5. The van der Waals surface area contributed by atoms with Crippen molar-refractivity contribution in [3.8, 4) is 18.1 Å². The van der Waals surface area contributed by atoms with Gasteiger partial charge in [0.1, 0.15) is 12.3 Å². The number of para-hydroxylation sites is 2. The van der Waals surface area contributed by atoms with Crippen molar-refractivity contribution < 1.29 is 24.0 Å². The molecule has 0 bridgehead atoms. The summed E-state index contributed by atoms with van der Waals surface area (Å²) in [6.45, 7) is 11.4. The maximum absolute atomic E-state index is 12.9. The SMILES string of the molecule is C#CCN(CCCOc1ccc(Cl)cc1Cl)CCCSC(=O)CCCCC[N+]1=C(/C=C/C2=C(Cl)C(=C/C=C3/C(C)c4ccccc4N3CCCCCC(=O)O)/CCC2)C(C)(C)c2ccccc21. The number of anilines is 1. The van der Waals surface area contributed by atoms with Crippen LogP contribution in [-0.4, -0.2) is 76.5 Å². The molecule has 3 aliphatic rings. The number of carboxylic acids is 1. The minimum absolute atomic E-state index is 0.176. The molecule has 0 fully saturated rings. The molecule has 3 aromatic rings. The van der Waals surface area contributed by atoms with Gasteiger partial charge in [-0.1, -0.05) is 114 Å². The van der Waals surface area contributed by atoms with E-state index in [1.165, 1.54) is 51.2 Å². The second kappa shape index (κ2) is 25.9. The lowest BCUT2D eigenvalue weighted by molar-refractivity contribution is -0.438.